The van der Waals surface area contributed by atoms with E-state index in [0.717, 1.165) is 18.6 Å². The van der Waals surface area contributed by atoms with Crippen LogP contribution in [0.5, 0.6) is 0 Å². The molecule has 0 bridgehead atoms. The molecule has 2 aliphatic rings. The summed E-state index contributed by atoms with van der Waals surface area (Å²) in [6.07, 6.45) is 5.89. The number of hydrogen-bond acceptors (Lipinski definition) is 5. The number of carbonyl (C=O) groups excluding carboxylic acids is 2. The van der Waals surface area contributed by atoms with Gasteiger partial charge in [0.15, 0.2) is 0 Å². The second kappa shape index (κ2) is 8.38. The monoisotopic (exact) mass is 349 g/mol. The smallest absolute Gasteiger partial charge is 0.409 e. The Morgan fingerprint density at radius 2 is 2.00 bits per heavy atom. The van der Waals surface area contributed by atoms with Gasteiger partial charge >= 0.3 is 6.09 Å². The first-order valence-corrected chi connectivity index (χ1v) is 9.06. The van der Waals surface area contributed by atoms with Crippen molar-refractivity contribution in [3.63, 3.8) is 0 Å². The Hall–Kier alpha value is -2.02. The lowest BCUT2D eigenvalue weighted by atomic mass is 9.95. The Morgan fingerprint density at radius 3 is 2.60 bits per heavy atom. The number of ether oxygens (including phenoxy) is 1. The van der Waals surface area contributed by atoms with Crippen molar-refractivity contribution in [2.24, 2.45) is 5.92 Å². The molecule has 1 unspecified atom stereocenters. The summed E-state index contributed by atoms with van der Waals surface area (Å²) in [6, 6.07) is 3.55. The van der Waals surface area contributed by atoms with Crippen LogP contribution in [0.25, 0.3) is 0 Å². The van der Waals surface area contributed by atoms with Crippen LogP contribution in [0.15, 0.2) is 22.8 Å². The van der Waals surface area contributed by atoms with Crippen molar-refractivity contribution in [1.29, 1.82) is 0 Å². The number of nitrogens with zero attached hydrogens (tertiary/aromatic N) is 2. The molecule has 138 valence electrons. The third-order valence-corrected chi connectivity index (χ3v) is 5.27. The lowest BCUT2D eigenvalue weighted by Crippen LogP contribution is -2.57. The molecule has 1 aromatic rings. The fourth-order valence-electron chi connectivity index (χ4n) is 3.95. The van der Waals surface area contributed by atoms with Gasteiger partial charge in [0, 0.05) is 26.2 Å². The molecule has 0 aromatic carbocycles. The molecule has 1 saturated carbocycles. The summed E-state index contributed by atoms with van der Waals surface area (Å²) in [6.45, 7) is 3.01. The van der Waals surface area contributed by atoms with Crippen LogP contribution in [0.1, 0.15) is 31.4 Å². The van der Waals surface area contributed by atoms with Crippen LogP contribution in [-0.4, -0.2) is 61.1 Å². The van der Waals surface area contributed by atoms with Gasteiger partial charge in [-0.25, -0.2) is 4.79 Å². The summed E-state index contributed by atoms with van der Waals surface area (Å²) in [4.78, 5) is 28.5. The quantitative estimate of drug-likeness (QED) is 0.878. The first-order chi connectivity index (χ1) is 12.2. The van der Waals surface area contributed by atoms with E-state index >= 15 is 0 Å². The number of piperazine rings is 1. The van der Waals surface area contributed by atoms with E-state index in [9.17, 15) is 9.59 Å². The van der Waals surface area contributed by atoms with Crippen LogP contribution < -0.4 is 5.32 Å². The number of carbonyl (C=O) groups is 2. The molecule has 2 heterocycles. The molecule has 0 radical (unpaired) electrons. The molecule has 1 aromatic heterocycles. The van der Waals surface area contributed by atoms with Crippen molar-refractivity contribution in [2.45, 2.75) is 38.3 Å². The van der Waals surface area contributed by atoms with Gasteiger partial charge in [-0.3, -0.25) is 9.69 Å². The molecule has 1 N–H and O–H groups in total. The van der Waals surface area contributed by atoms with Crippen LogP contribution in [0, 0.1) is 5.92 Å². The third kappa shape index (κ3) is 4.34. The van der Waals surface area contributed by atoms with E-state index in [1.54, 1.807) is 11.2 Å². The van der Waals surface area contributed by atoms with E-state index in [1.165, 1.54) is 20.0 Å². The van der Waals surface area contributed by atoms with Gasteiger partial charge in [0.05, 0.1) is 26.0 Å². The predicted molar refractivity (Wildman–Crippen MR) is 91.9 cm³/mol. The van der Waals surface area contributed by atoms with Gasteiger partial charge in [-0.05, 0) is 30.9 Å². The number of amides is 2. The third-order valence-electron chi connectivity index (χ3n) is 5.27. The average molecular weight is 349 g/mol. The van der Waals surface area contributed by atoms with Gasteiger partial charge in [0.25, 0.3) is 0 Å². The predicted octanol–water partition coefficient (Wildman–Crippen LogP) is 1.84. The molecule has 25 heavy (non-hydrogen) atoms. The molecule has 3 rings (SSSR count). The van der Waals surface area contributed by atoms with E-state index in [4.69, 9.17) is 9.15 Å². The van der Waals surface area contributed by atoms with Gasteiger partial charge in [-0.1, -0.05) is 12.8 Å². The maximum atomic E-state index is 12.9. The number of rotatable bonds is 5. The van der Waals surface area contributed by atoms with Crippen molar-refractivity contribution in [2.75, 3.05) is 33.3 Å². The van der Waals surface area contributed by atoms with Crippen molar-refractivity contribution in [1.82, 2.24) is 15.1 Å². The summed E-state index contributed by atoms with van der Waals surface area (Å²) in [7, 11) is 1.40. The highest BCUT2D eigenvalue weighted by Crippen LogP contribution is 2.31. The second-order valence-electron chi connectivity index (χ2n) is 6.78. The van der Waals surface area contributed by atoms with Gasteiger partial charge in [0.1, 0.15) is 5.76 Å². The highest BCUT2D eigenvalue weighted by Gasteiger charge is 2.37. The maximum absolute atomic E-state index is 12.9. The summed E-state index contributed by atoms with van der Waals surface area (Å²) in [5.74, 6) is 1.21. The molecule has 7 nitrogen and oxygen atoms in total. The van der Waals surface area contributed by atoms with E-state index in [2.05, 4.69) is 10.2 Å². The van der Waals surface area contributed by atoms with E-state index in [-0.39, 0.29) is 18.0 Å². The minimum Gasteiger partial charge on any atom is -0.467 e. The van der Waals surface area contributed by atoms with Crippen LogP contribution in [-0.2, 0) is 16.1 Å². The van der Waals surface area contributed by atoms with E-state index in [0.29, 0.717) is 38.6 Å². The van der Waals surface area contributed by atoms with Gasteiger partial charge in [-0.15, -0.1) is 0 Å². The highest BCUT2D eigenvalue weighted by atomic mass is 16.5. The molecule has 0 spiro atoms. The van der Waals surface area contributed by atoms with Gasteiger partial charge in [0.2, 0.25) is 5.91 Å². The molecule has 1 saturated heterocycles. The van der Waals surface area contributed by atoms with Crippen LogP contribution in [0.2, 0.25) is 0 Å². The molecule has 7 heteroatoms. The maximum Gasteiger partial charge on any atom is 0.409 e. The Kier molecular flexibility index (Phi) is 5.96. The number of hydrogen-bond donors (Lipinski definition) is 1. The van der Waals surface area contributed by atoms with Crippen molar-refractivity contribution < 1.29 is 18.7 Å². The summed E-state index contributed by atoms with van der Waals surface area (Å²) >= 11 is 0. The second-order valence-corrected chi connectivity index (χ2v) is 6.78. The van der Waals surface area contributed by atoms with Gasteiger partial charge in [-0.2, -0.15) is 0 Å². The van der Waals surface area contributed by atoms with Gasteiger partial charge < -0.3 is 19.4 Å². The summed E-state index contributed by atoms with van der Waals surface area (Å²) in [5, 5.41) is 3.02. The zero-order chi connectivity index (χ0) is 17.6. The Morgan fingerprint density at radius 1 is 1.28 bits per heavy atom. The molecule has 2 fully saturated rings. The topological polar surface area (TPSA) is 75.0 Å². The van der Waals surface area contributed by atoms with E-state index in [1.807, 2.05) is 12.1 Å². The lowest BCUT2D eigenvalue weighted by molar-refractivity contribution is -0.129. The van der Waals surface area contributed by atoms with Crippen molar-refractivity contribution >= 4 is 12.0 Å². The summed E-state index contributed by atoms with van der Waals surface area (Å²) in [5.41, 5.74) is 0. The first-order valence-electron chi connectivity index (χ1n) is 9.06. The van der Waals surface area contributed by atoms with Crippen LogP contribution in [0.3, 0.4) is 0 Å². The zero-order valence-electron chi connectivity index (χ0n) is 14.8. The molecule has 1 atom stereocenters. The fraction of sp³-hybridized carbons (Fsp3) is 0.667. The molecule has 1 aliphatic heterocycles. The van der Waals surface area contributed by atoms with Crippen LogP contribution in [0.4, 0.5) is 4.79 Å². The normalized spacial score (nSPS) is 20.4. The largest absolute Gasteiger partial charge is 0.467 e. The molecule has 1 aliphatic carbocycles. The van der Waals surface area contributed by atoms with E-state index < -0.39 is 0 Å². The lowest BCUT2D eigenvalue weighted by Gasteiger charge is -2.40. The highest BCUT2D eigenvalue weighted by molar-refractivity contribution is 5.82. The van der Waals surface area contributed by atoms with Crippen LogP contribution >= 0.6 is 0 Å². The standard InChI is InChI=1S/C18H27N3O4/c1-24-18(23)21-10-8-20(9-11-21)16(14-5-2-3-6-14)17(22)19-13-15-7-4-12-25-15/h4,7,12,14,16H,2-3,5-6,8-11,13H2,1H3,(H,19,22). The fourth-order valence-corrected chi connectivity index (χ4v) is 3.95. The zero-order valence-corrected chi connectivity index (χ0v) is 14.8. The van der Waals surface area contributed by atoms with Crippen molar-refractivity contribution in [3.05, 3.63) is 24.2 Å². The first kappa shape index (κ1) is 17.8. The Bertz CT molecular complexity index is 561. The molecular weight excluding hydrogens is 322 g/mol. The number of methoxy groups -OCH3 is 1. The minimum absolute atomic E-state index is 0.0646. The number of furan rings is 1. The summed E-state index contributed by atoms with van der Waals surface area (Å²) < 4.78 is 10.1. The Labute approximate surface area is 148 Å². The number of nitrogens with one attached hydrogen (secondary N) is 1. The van der Waals surface area contributed by atoms with Crippen molar-refractivity contribution in [3.8, 4) is 0 Å². The molecule has 2 amide bonds. The SMILES string of the molecule is COC(=O)N1CCN(C(C(=O)NCc2ccco2)C2CCCC2)CC1. The Balaban J connectivity index is 1.61. The molecular formula is C18H27N3O4. The average Bonchev–Trinajstić information content (AvgIpc) is 3.34. The minimum atomic E-state index is -0.292.